The van der Waals surface area contributed by atoms with E-state index < -0.39 is 0 Å². The number of nitrogens with two attached hydrogens (primary N) is 1. The number of halogens is 1. The van der Waals surface area contributed by atoms with Crippen molar-refractivity contribution in [1.29, 1.82) is 0 Å². The van der Waals surface area contributed by atoms with Crippen molar-refractivity contribution >= 4 is 24.2 Å². The molecule has 4 N–H and O–H groups in total. The van der Waals surface area contributed by atoms with Crippen LogP contribution in [-0.2, 0) is 9.59 Å². The highest BCUT2D eigenvalue weighted by molar-refractivity contribution is 5.85. The molecule has 6 heteroatoms. The SMILES string of the molecule is CCCNC(=O)CCCC(=O)NC1CCCC1CN.Cl. The van der Waals surface area contributed by atoms with Gasteiger partial charge in [-0.1, -0.05) is 13.3 Å². The van der Waals surface area contributed by atoms with E-state index >= 15 is 0 Å². The number of hydrogen-bond donors (Lipinski definition) is 3. The van der Waals surface area contributed by atoms with Gasteiger partial charge in [0.15, 0.2) is 0 Å². The summed E-state index contributed by atoms with van der Waals surface area (Å²) in [6.07, 6.45) is 5.69. The van der Waals surface area contributed by atoms with Gasteiger partial charge >= 0.3 is 0 Å². The van der Waals surface area contributed by atoms with Gasteiger partial charge in [0, 0.05) is 25.4 Å². The average Bonchev–Trinajstić information content (AvgIpc) is 2.83. The van der Waals surface area contributed by atoms with E-state index in [0.717, 1.165) is 25.7 Å². The quantitative estimate of drug-likeness (QED) is 0.633. The highest BCUT2D eigenvalue weighted by atomic mass is 35.5. The fourth-order valence-corrected chi connectivity index (χ4v) is 2.55. The molecule has 118 valence electrons. The van der Waals surface area contributed by atoms with Gasteiger partial charge in [0.1, 0.15) is 0 Å². The predicted octanol–water partition coefficient (Wildman–Crippen LogP) is 1.35. The Morgan fingerprint density at radius 3 is 2.55 bits per heavy atom. The zero-order valence-corrected chi connectivity index (χ0v) is 13.1. The first-order valence-electron chi connectivity index (χ1n) is 7.43. The smallest absolute Gasteiger partial charge is 0.220 e. The van der Waals surface area contributed by atoms with E-state index in [1.807, 2.05) is 6.92 Å². The van der Waals surface area contributed by atoms with Gasteiger partial charge in [0.25, 0.3) is 0 Å². The van der Waals surface area contributed by atoms with Gasteiger partial charge in [-0.2, -0.15) is 0 Å². The molecule has 0 heterocycles. The van der Waals surface area contributed by atoms with Crippen molar-refractivity contribution in [2.24, 2.45) is 11.7 Å². The van der Waals surface area contributed by atoms with Gasteiger partial charge in [-0.25, -0.2) is 0 Å². The van der Waals surface area contributed by atoms with Crippen molar-refractivity contribution in [3.8, 4) is 0 Å². The highest BCUT2D eigenvalue weighted by Gasteiger charge is 2.26. The van der Waals surface area contributed by atoms with E-state index in [0.29, 0.717) is 38.3 Å². The van der Waals surface area contributed by atoms with Crippen molar-refractivity contribution in [2.45, 2.75) is 57.9 Å². The highest BCUT2D eigenvalue weighted by Crippen LogP contribution is 2.24. The number of rotatable bonds is 8. The van der Waals surface area contributed by atoms with Crippen molar-refractivity contribution < 1.29 is 9.59 Å². The summed E-state index contributed by atoms with van der Waals surface area (Å²) in [4.78, 5) is 23.1. The van der Waals surface area contributed by atoms with Gasteiger partial charge in [-0.3, -0.25) is 9.59 Å². The van der Waals surface area contributed by atoms with Crippen molar-refractivity contribution in [1.82, 2.24) is 10.6 Å². The molecule has 20 heavy (non-hydrogen) atoms. The van der Waals surface area contributed by atoms with Crippen LogP contribution < -0.4 is 16.4 Å². The molecule has 0 aromatic rings. The first-order valence-corrected chi connectivity index (χ1v) is 7.43. The average molecular weight is 306 g/mol. The Morgan fingerprint density at radius 1 is 1.20 bits per heavy atom. The first-order chi connectivity index (χ1) is 9.17. The maximum Gasteiger partial charge on any atom is 0.220 e. The second-order valence-corrected chi connectivity index (χ2v) is 5.30. The molecule has 1 aliphatic carbocycles. The van der Waals surface area contributed by atoms with Crippen LogP contribution in [0.25, 0.3) is 0 Å². The fourth-order valence-electron chi connectivity index (χ4n) is 2.55. The third kappa shape index (κ3) is 7.10. The number of amides is 2. The predicted molar refractivity (Wildman–Crippen MR) is 82.7 cm³/mol. The zero-order chi connectivity index (χ0) is 14.1. The summed E-state index contributed by atoms with van der Waals surface area (Å²) >= 11 is 0. The molecule has 0 aromatic carbocycles. The van der Waals surface area contributed by atoms with Crippen LogP contribution in [0.1, 0.15) is 51.9 Å². The lowest BCUT2D eigenvalue weighted by Crippen LogP contribution is -2.39. The molecule has 1 saturated carbocycles. The van der Waals surface area contributed by atoms with E-state index in [2.05, 4.69) is 10.6 Å². The molecule has 0 bridgehead atoms. The molecular weight excluding hydrogens is 278 g/mol. The van der Waals surface area contributed by atoms with Crippen LogP contribution in [0.3, 0.4) is 0 Å². The summed E-state index contributed by atoms with van der Waals surface area (Å²) < 4.78 is 0. The van der Waals surface area contributed by atoms with Crippen LogP contribution >= 0.6 is 12.4 Å². The van der Waals surface area contributed by atoms with Gasteiger partial charge in [0.2, 0.25) is 11.8 Å². The fraction of sp³-hybridized carbons (Fsp3) is 0.857. The summed E-state index contributed by atoms with van der Waals surface area (Å²) in [7, 11) is 0. The molecule has 2 atom stereocenters. The number of carbonyl (C=O) groups excluding carboxylic acids is 2. The Kier molecular flexibility index (Phi) is 10.5. The summed E-state index contributed by atoms with van der Waals surface area (Å²) in [6, 6.07) is 0.242. The molecule has 2 amide bonds. The zero-order valence-electron chi connectivity index (χ0n) is 12.3. The molecule has 0 radical (unpaired) electrons. The Labute approximate surface area is 127 Å². The van der Waals surface area contributed by atoms with Crippen LogP contribution in [0.15, 0.2) is 0 Å². The monoisotopic (exact) mass is 305 g/mol. The molecule has 1 rings (SSSR count). The summed E-state index contributed by atoms with van der Waals surface area (Å²) in [6.45, 7) is 3.37. The number of hydrogen-bond acceptors (Lipinski definition) is 3. The molecule has 0 spiro atoms. The van der Waals surface area contributed by atoms with E-state index in [1.165, 1.54) is 0 Å². The molecule has 2 unspecified atom stereocenters. The Balaban J connectivity index is 0.00000361. The topological polar surface area (TPSA) is 84.2 Å². The van der Waals surface area contributed by atoms with Crippen LogP contribution in [0, 0.1) is 5.92 Å². The van der Waals surface area contributed by atoms with Gasteiger partial charge < -0.3 is 16.4 Å². The second kappa shape index (κ2) is 10.9. The molecule has 1 aliphatic rings. The largest absolute Gasteiger partial charge is 0.356 e. The molecule has 0 aliphatic heterocycles. The first kappa shape index (κ1) is 19.2. The van der Waals surface area contributed by atoms with Crippen LogP contribution in [0.2, 0.25) is 0 Å². The normalized spacial score (nSPS) is 21.1. The standard InChI is InChI=1S/C14H27N3O2.ClH/c1-2-9-16-13(18)7-4-8-14(19)17-12-6-3-5-11(12)10-15;/h11-12H,2-10,15H2,1H3,(H,16,18)(H,17,19);1H. The van der Waals surface area contributed by atoms with Crippen molar-refractivity contribution in [3.05, 3.63) is 0 Å². The van der Waals surface area contributed by atoms with Crippen LogP contribution in [-0.4, -0.2) is 30.9 Å². The summed E-state index contributed by atoms with van der Waals surface area (Å²) in [5, 5.41) is 5.85. The second-order valence-electron chi connectivity index (χ2n) is 5.30. The lowest BCUT2D eigenvalue weighted by Gasteiger charge is -2.19. The summed E-state index contributed by atoms with van der Waals surface area (Å²) in [5.41, 5.74) is 5.68. The Bertz CT molecular complexity index is 300. The molecule has 0 saturated heterocycles. The minimum absolute atomic E-state index is 0. The lowest BCUT2D eigenvalue weighted by molar-refractivity contribution is -0.123. The number of carbonyl (C=O) groups is 2. The molecular formula is C14H28ClN3O2. The molecule has 0 aromatic heterocycles. The van der Waals surface area contributed by atoms with E-state index in [1.54, 1.807) is 0 Å². The van der Waals surface area contributed by atoms with Crippen molar-refractivity contribution in [2.75, 3.05) is 13.1 Å². The third-order valence-corrected chi connectivity index (χ3v) is 3.69. The maximum atomic E-state index is 11.8. The molecule has 1 fully saturated rings. The van der Waals surface area contributed by atoms with Crippen molar-refractivity contribution in [3.63, 3.8) is 0 Å². The minimum atomic E-state index is 0. The lowest BCUT2D eigenvalue weighted by atomic mass is 10.0. The van der Waals surface area contributed by atoms with Crippen LogP contribution in [0.4, 0.5) is 0 Å². The minimum Gasteiger partial charge on any atom is -0.356 e. The Hall–Kier alpha value is -0.810. The van der Waals surface area contributed by atoms with E-state index in [9.17, 15) is 9.59 Å². The number of nitrogens with one attached hydrogen (secondary N) is 2. The van der Waals surface area contributed by atoms with Gasteiger partial charge in [0.05, 0.1) is 0 Å². The Morgan fingerprint density at radius 2 is 1.90 bits per heavy atom. The van der Waals surface area contributed by atoms with Gasteiger partial charge in [-0.05, 0) is 38.1 Å². The van der Waals surface area contributed by atoms with E-state index in [4.69, 9.17) is 5.73 Å². The maximum absolute atomic E-state index is 11.8. The third-order valence-electron chi connectivity index (χ3n) is 3.69. The van der Waals surface area contributed by atoms with Gasteiger partial charge in [-0.15, -0.1) is 12.4 Å². The molecule has 5 nitrogen and oxygen atoms in total. The van der Waals surface area contributed by atoms with E-state index in [-0.39, 0.29) is 30.3 Å². The summed E-state index contributed by atoms with van der Waals surface area (Å²) in [5.74, 6) is 0.515. The van der Waals surface area contributed by atoms with Crippen LogP contribution in [0.5, 0.6) is 0 Å².